The first kappa shape index (κ1) is 13.7. The van der Waals surface area contributed by atoms with Crippen molar-refractivity contribution in [1.82, 2.24) is 10.2 Å². The van der Waals surface area contributed by atoms with Crippen molar-refractivity contribution in [3.8, 4) is 0 Å². The van der Waals surface area contributed by atoms with Crippen molar-refractivity contribution in [2.75, 3.05) is 6.54 Å². The molecule has 0 saturated carbocycles. The third kappa shape index (κ3) is 2.48. The van der Waals surface area contributed by atoms with Crippen LogP contribution in [0.3, 0.4) is 0 Å². The molecule has 0 spiro atoms. The van der Waals surface area contributed by atoms with Gasteiger partial charge in [0.2, 0.25) is 11.8 Å². The van der Waals surface area contributed by atoms with Gasteiger partial charge in [-0.05, 0) is 25.7 Å². The summed E-state index contributed by atoms with van der Waals surface area (Å²) in [5.74, 6) is -0.953. The van der Waals surface area contributed by atoms with E-state index in [0.29, 0.717) is 6.54 Å². The summed E-state index contributed by atoms with van der Waals surface area (Å²) in [5, 5.41) is 2.22. The molecule has 5 heteroatoms. The Kier molecular flexibility index (Phi) is 3.32. The summed E-state index contributed by atoms with van der Waals surface area (Å²) in [7, 11) is 0. The number of imide groups is 2. The second-order valence-electron chi connectivity index (χ2n) is 5.79. The van der Waals surface area contributed by atoms with Crippen molar-refractivity contribution < 1.29 is 14.4 Å². The highest BCUT2D eigenvalue weighted by Gasteiger charge is 2.47. The molecule has 96 valence electrons. The van der Waals surface area contributed by atoms with E-state index in [0.717, 1.165) is 11.3 Å². The molecule has 5 nitrogen and oxygen atoms in total. The average Bonchev–Trinajstić information content (AvgIpc) is 2.23. The van der Waals surface area contributed by atoms with Gasteiger partial charge in [0.1, 0.15) is 5.41 Å². The summed E-state index contributed by atoms with van der Waals surface area (Å²) in [6.45, 7) is 9.35. The standard InChI is InChI=1S/C12H20N2O3/c1-6-11(2,3)7-14-9(16)12(4,5)8(15)13-10(14)17/h6-7H2,1-5H3,(H,13,15,17). The molecule has 0 aliphatic carbocycles. The van der Waals surface area contributed by atoms with Crippen molar-refractivity contribution >= 4 is 17.8 Å². The van der Waals surface area contributed by atoms with E-state index in [9.17, 15) is 14.4 Å². The first-order valence-electron chi connectivity index (χ1n) is 5.79. The predicted octanol–water partition coefficient (Wildman–Crippen LogP) is 1.53. The van der Waals surface area contributed by atoms with Crippen molar-refractivity contribution in [3.05, 3.63) is 0 Å². The van der Waals surface area contributed by atoms with E-state index in [1.807, 2.05) is 20.8 Å². The maximum Gasteiger partial charge on any atom is 0.330 e. The number of rotatable bonds is 3. The molecule has 1 aliphatic heterocycles. The van der Waals surface area contributed by atoms with E-state index in [4.69, 9.17) is 0 Å². The van der Waals surface area contributed by atoms with Gasteiger partial charge in [-0.3, -0.25) is 19.8 Å². The van der Waals surface area contributed by atoms with Crippen molar-refractivity contribution in [2.45, 2.75) is 41.0 Å². The Labute approximate surface area is 102 Å². The van der Waals surface area contributed by atoms with Crippen molar-refractivity contribution in [1.29, 1.82) is 0 Å². The van der Waals surface area contributed by atoms with Gasteiger partial charge in [-0.25, -0.2) is 4.79 Å². The number of nitrogens with one attached hydrogen (secondary N) is 1. The van der Waals surface area contributed by atoms with E-state index >= 15 is 0 Å². The van der Waals surface area contributed by atoms with Gasteiger partial charge < -0.3 is 0 Å². The maximum atomic E-state index is 12.1. The normalized spacial score (nSPS) is 20.5. The van der Waals surface area contributed by atoms with Gasteiger partial charge in [0.15, 0.2) is 0 Å². The zero-order valence-corrected chi connectivity index (χ0v) is 11.1. The van der Waals surface area contributed by atoms with Gasteiger partial charge in [0, 0.05) is 6.54 Å². The molecule has 0 unspecified atom stereocenters. The summed E-state index contributed by atoms with van der Waals surface area (Å²) in [6, 6.07) is -0.610. The third-order valence-corrected chi connectivity index (χ3v) is 3.36. The van der Waals surface area contributed by atoms with Crippen LogP contribution in [0.5, 0.6) is 0 Å². The minimum atomic E-state index is -1.17. The van der Waals surface area contributed by atoms with Gasteiger partial charge >= 0.3 is 6.03 Å². The van der Waals surface area contributed by atoms with Gasteiger partial charge in [-0.2, -0.15) is 0 Å². The molecule has 1 fully saturated rings. The fraction of sp³-hybridized carbons (Fsp3) is 0.750. The Morgan fingerprint density at radius 3 is 2.24 bits per heavy atom. The van der Waals surface area contributed by atoms with E-state index in [2.05, 4.69) is 5.32 Å². The predicted molar refractivity (Wildman–Crippen MR) is 63.1 cm³/mol. The number of hydrogen-bond donors (Lipinski definition) is 1. The van der Waals surface area contributed by atoms with E-state index in [1.165, 1.54) is 13.8 Å². The fourth-order valence-corrected chi connectivity index (χ4v) is 1.53. The Morgan fingerprint density at radius 1 is 1.24 bits per heavy atom. The van der Waals surface area contributed by atoms with E-state index in [1.54, 1.807) is 0 Å². The molecule has 0 atom stereocenters. The average molecular weight is 240 g/mol. The van der Waals surface area contributed by atoms with Crippen LogP contribution in [0.4, 0.5) is 4.79 Å². The number of urea groups is 1. The molecule has 0 bridgehead atoms. The first-order valence-corrected chi connectivity index (χ1v) is 5.79. The molecule has 0 radical (unpaired) electrons. The lowest BCUT2D eigenvalue weighted by molar-refractivity contribution is -0.149. The zero-order valence-electron chi connectivity index (χ0n) is 11.1. The lowest BCUT2D eigenvalue weighted by Gasteiger charge is -2.38. The maximum absolute atomic E-state index is 12.1. The largest absolute Gasteiger partial charge is 0.330 e. The highest BCUT2D eigenvalue weighted by Crippen LogP contribution is 2.28. The van der Waals surface area contributed by atoms with Crippen molar-refractivity contribution in [2.24, 2.45) is 10.8 Å². The molecule has 1 N–H and O–H groups in total. The van der Waals surface area contributed by atoms with Crippen LogP contribution in [-0.4, -0.2) is 29.3 Å². The Balaban J connectivity index is 2.96. The Morgan fingerprint density at radius 2 is 1.76 bits per heavy atom. The summed E-state index contributed by atoms with van der Waals surface area (Å²) in [6.07, 6.45) is 0.846. The number of carbonyl (C=O) groups excluding carboxylic acids is 3. The molecule has 0 aromatic heterocycles. The van der Waals surface area contributed by atoms with Crippen LogP contribution in [0.25, 0.3) is 0 Å². The number of barbiturate groups is 1. The third-order valence-electron chi connectivity index (χ3n) is 3.36. The lowest BCUT2D eigenvalue weighted by Crippen LogP contribution is -2.63. The number of carbonyl (C=O) groups is 3. The lowest BCUT2D eigenvalue weighted by atomic mass is 9.85. The van der Waals surface area contributed by atoms with Crippen molar-refractivity contribution in [3.63, 3.8) is 0 Å². The molecule has 4 amide bonds. The Bertz CT molecular complexity index is 372. The van der Waals surface area contributed by atoms with Crippen LogP contribution in [0.1, 0.15) is 41.0 Å². The van der Waals surface area contributed by atoms with Crippen LogP contribution < -0.4 is 5.32 Å². The highest BCUT2D eigenvalue weighted by atomic mass is 16.2. The van der Waals surface area contributed by atoms with Gasteiger partial charge in [-0.1, -0.05) is 20.8 Å². The summed E-state index contributed by atoms with van der Waals surface area (Å²) in [5.41, 5.74) is -1.32. The van der Waals surface area contributed by atoms with E-state index in [-0.39, 0.29) is 5.41 Å². The molecular weight excluding hydrogens is 220 g/mol. The molecule has 1 aliphatic rings. The summed E-state index contributed by atoms with van der Waals surface area (Å²) >= 11 is 0. The van der Waals surface area contributed by atoms with Crippen LogP contribution >= 0.6 is 0 Å². The summed E-state index contributed by atoms with van der Waals surface area (Å²) < 4.78 is 0. The van der Waals surface area contributed by atoms with Crippen LogP contribution in [0.15, 0.2) is 0 Å². The Hall–Kier alpha value is -1.39. The highest BCUT2D eigenvalue weighted by molar-refractivity contribution is 6.18. The first-order chi connectivity index (χ1) is 7.62. The topological polar surface area (TPSA) is 66.5 Å². The molecule has 0 aromatic carbocycles. The van der Waals surface area contributed by atoms with Gasteiger partial charge in [-0.15, -0.1) is 0 Å². The quantitative estimate of drug-likeness (QED) is 0.761. The second-order valence-corrected chi connectivity index (χ2v) is 5.79. The summed E-state index contributed by atoms with van der Waals surface area (Å²) in [4.78, 5) is 36.5. The molecule has 1 heterocycles. The molecule has 1 saturated heterocycles. The molecule has 0 aromatic rings. The molecular formula is C12H20N2O3. The van der Waals surface area contributed by atoms with Gasteiger partial charge in [0.25, 0.3) is 0 Å². The number of hydrogen-bond acceptors (Lipinski definition) is 3. The fourth-order valence-electron chi connectivity index (χ4n) is 1.53. The zero-order chi connectivity index (χ0) is 13.4. The minimum Gasteiger partial charge on any atom is -0.277 e. The molecule has 1 rings (SSSR count). The van der Waals surface area contributed by atoms with Crippen LogP contribution in [0.2, 0.25) is 0 Å². The van der Waals surface area contributed by atoms with Crippen LogP contribution in [0, 0.1) is 10.8 Å². The minimum absolute atomic E-state index is 0.149. The second kappa shape index (κ2) is 4.13. The monoisotopic (exact) mass is 240 g/mol. The smallest absolute Gasteiger partial charge is 0.277 e. The number of nitrogens with zero attached hydrogens (tertiary/aromatic N) is 1. The molecule has 17 heavy (non-hydrogen) atoms. The van der Waals surface area contributed by atoms with E-state index < -0.39 is 23.3 Å². The van der Waals surface area contributed by atoms with Crippen LogP contribution in [-0.2, 0) is 9.59 Å². The SMILES string of the molecule is CCC(C)(C)CN1C(=O)NC(=O)C(C)(C)C1=O. The van der Waals surface area contributed by atoms with Gasteiger partial charge in [0.05, 0.1) is 0 Å². The number of amides is 4.